The number of ether oxygens (including phenoxy) is 2. The number of fused-ring (bicyclic) bond motifs is 1. The number of allylic oxidation sites excluding steroid dienone is 2. The minimum Gasteiger partial charge on any atom is -0.481 e. The van der Waals surface area contributed by atoms with Crippen molar-refractivity contribution in [1.29, 1.82) is 0 Å². The highest BCUT2D eigenvalue weighted by molar-refractivity contribution is 6.30. The number of benzene rings is 4. The Labute approximate surface area is 229 Å². The van der Waals surface area contributed by atoms with Crippen molar-refractivity contribution in [2.45, 2.75) is 13.3 Å². The molecule has 0 saturated carbocycles. The predicted molar refractivity (Wildman–Crippen MR) is 149 cm³/mol. The fraction of sp³-hybridized carbons (Fsp3) is 0.0645. The van der Waals surface area contributed by atoms with Crippen molar-refractivity contribution < 1.29 is 23.8 Å². The second-order valence-corrected chi connectivity index (χ2v) is 9.61. The Morgan fingerprint density at radius 2 is 1.42 bits per heavy atom. The molecule has 0 aliphatic heterocycles. The van der Waals surface area contributed by atoms with Gasteiger partial charge in [0.25, 0.3) is 0 Å². The van der Waals surface area contributed by atoms with Crippen LogP contribution in [0.3, 0.4) is 0 Å². The molecule has 1 N–H and O–H groups in total. The van der Waals surface area contributed by atoms with Gasteiger partial charge in [0, 0.05) is 21.7 Å². The summed E-state index contributed by atoms with van der Waals surface area (Å²) in [5, 5.41) is 10.6. The highest BCUT2D eigenvalue weighted by atomic mass is 35.5. The number of carbonyl (C=O) groups is 1. The number of halogens is 3. The molecule has 1 aliphatic carbocycles. The van der Waals surface area contributed by atoms with Gasteiger partial charge in [-0.2, -0.15) is 0 Å². The summed E-state index contributed by atoms with van der Waals surface area (Å²) >= 11 is 12.0. The number of rotatable bonds is 7. The fourth-order valence-electron chi connectivity index (χ4n) is 4.34. The first-order chi connectivity index (χ1) is 18.3. The Morgan fingerprint density at radius 1 is 0.816 bits per heavy atom. The van der Waals surface area contributed by atoms with Crippen molar-refractivity contribution in [2.75, 3.05) is 0 Å². The molecule has 0 heterocycles. The van der Waals surface area contributed by atoms with E-state index in [2.05, 4.69) is 0 Å². The van der Waals surface area contributed by atoms with Gasteiger partial charge in [0.15, 0.2) is 0 Å². The molecule has 1 aliphatic rings. The molecule has 0 aromatic heterocycles. The van der Waals surface area contributed by atoms with E-state index in [0.717, 1.165) is 22.3 Å². The molecule has 0 atom stereocenters. The molecule has 0 bridgehead atoms. The first-order valence-corrected chi connectivity index (χ1v) is 12.5. The Balaban J connectivity index is 1.59. The topological polar surface area (TPSA) is 55.8 Å². The molecule has 7 heteroatoms. The molecular weight excluding hydrogens is 526 g/mol. The third-order valence-electron chi connectivity index (χ3n) is 6.16. The van der Waals surface area contributed by atoms with Gasteiger partial charge < -0.3 is 14.6 Å². The highest BCUT2D eigenvalue weighted by Gasteiger charge is 2.26. The van der Waals surface area contributed by atoms with Crippen LogP contribution in [0.15, 0.2) is 90.5 Å². The van der Waals surface area contributed by atoms with Gasteiger partial charge in [-0.05, 0) is 114 Å². The van der Waals surface area contributed by atoms with Crippen molar-refractivity contribution in [3.8, 4) is 23.0 Å². The summed E-state index contributed by atoms with van der Waals surface area (Å²) < 4.78 is 26.3. The molecule has 4 nitrogen and oxygen atoms in total. The van der Waals surface area contributed by atoms with E-state index in [4.69, 9.17) is 32.7 Å². The van der Waals surface area contributed by atoms with E-state index in [9.17, 15) is 14.3 Å². The SMILES string of the molecule is CC1=C(CC(=O)O)c2cc(F)ccc2/C1=C\c1ccc(Oc2ccc(Cl)cc2)cc1Oc1ccc(Cl)cc1. The van der Waals surface area contributed by atoms with Gasteiger partial charge in [-0.1, -0.05) is 29.3 Å². The maximum absolute atomic E-state index is 14.1. The van der Waals surface area contributed by atoms with Crippen LogP contribution in [0.4, 0.5) is 4.39 Å². The number of carboxylic acid groups (broad SMARTS) is 1. The van der Waals surface area contributed by atoms with E-state index in [1.54, 1.807) is 60.7 Å². The summed E-state index contributed by atoms with van der Waals surface area (Å²) in [5.41, 5.74) is 4.22. The quantitative estimate of drug-likeness (QED) is 0.250. The minimum absolute atomic E-state index is 0.207. The van der Waals surface area contributed by atoms with Crippen molar-refractivity contribution >= 4 is 46.4 Å². The number of hydrogen-bond acceptors (Lipinski definition) is 3. The highest BCUT2D eigenvalue weighted by Crippen LogP contribution is 2.45. The van der Waals surface area contributed by atoms with E-state index in [-0.39, 0.29) is 6.42 Å². The lowest BCUT2D eigenvalue weighted by atomic mass is 10.00. The third kappa shape index (κ3) is 5.59. The van der Waals surface area contributed by atoms with Crippen LogP contribution in [0.2, 0.25) is 10.0 Å². The van der Waals surface area contributed by atoms with Crippen LogP contribution in [-0.4, -0.2) is 11.1 Å². The van der Waals surface area contributed by atoms with Crippen LogP contribution in [0.5, 0.6) is 23.0 Å². The third-order valence-corrected chi connectivity index (χ3v) is 6.66. The Bertz CT molecular complexity index is 1590. The summed E-state index contributed by atoms with van der Waals surface area (Å²) in [6.07, 6.45) is 1.71. The Morgan fingerprint density at radius 3 is 2.05 bits per heavy atom. The van der Waals surface area contributed by atoms with Gasteiger partial charge in [-0.3, -0.25) is 4.79 Å². The summed E-state index contributed by atoms with van der Waals surface area (Å²) in [4.78, 5) is 11.5. The average Bonchev–Trinajstić information content (AvgIpc) is 3.13. The fourth-order valence-corrected chi connectivity index (χ4v) is 4.59. The van der Waals surface area contributed by atoms with Crippen LogP contribution < -0.4 is 9.47 Å². The smallest absolute Gasteiger partial charge is 0.307 e. The zero-order valence-corrected chi connectivity index (χ0v) is 21.7. The van der Waals surface area contributed by atoms with Gasteiger partial charge in [-0.15, -0.1) is 0 Å². The van der Waals surface area contributed by atoms with Crippen molar-refractivity contribution in [3.63, 3.8) is 0 Å². The summed E-state index contributed by atoms with van der Waals surface area (Å²) in [5.74, 6) is 0.843. The maximum Gasteiger partial charge on any atom is 0.307 e. The van der Waals surface area contributed by atoms with Crippen molar-refractivity contribution in [2.24, 2.45) is 0 Å². The van der Waals surface area contributed by atoms with E-state index in [0.29, 0.717) is 44.2 Å². The molecule has 0 saturated heterocycles. The second-order valence-electron chi connectivity index (χ2n) is 8.73. The van der Waals surface area contributed by atoms with Gasteiger partial charge >= 0.3 is 5.97 Å². The number of carboxylic acids is 1. The van der Waals surface area contributed by atoms with Gasteiger partial charge in [-0.25, -0.2) is 4.39 Å². The average molecular weight is 547 g/mol. The van der Waals surface area contributed by atoms with Crippen LogP contribution >= 0.6 is 23.2 Å². The molecule has 0 fully saturated rings. The minimum atomic E-state index is -0.980. The number of aliphatic carboxylic acids is 1. The predicted octanol–water partition coefficient (Wildman–Crippen LogP) is 9.52. The van der Waals surface area contributed by atoms with Crippen LogP contribution in [0, 0.1) is 5.82 Å². The second kappa shape index (κ2) is 10.7. The first kappa shape index (κ1) is 25.6. The Kier molecular flexibility index (Phi) is 7.23. The lowest BCUT2D eigenvalue weighted by molar-refractivity contribution is -0.135. The Hall–Kier alpha value is -4.06. The standard InChI is InChI=1S/C31H21Cl2FO4/c1-18-27(26-13-7-22(34)15-29(26)28(18)17-31(35)36)14-19-2-8-25(37-23-9-3-20(32)4-10-23)16-30(19)38-24-11-5-21(33)6-12-24/h2-16H,17H2,1H3,(H,35,36)/b27-14-. The van der Waals surface area contributed by atoms with Crippen molar-refractivity contribution in [1.82, 2.24) is 0 Å². The molecule has 38 heavy (non-hydrogen) atoms. The molecule has 0 amide bonds. The first-order valence-electron chi connectivity index (χ1n) is 11.7. The molecule has 4 aromatic carbocycles. The van der Waals surface area contributed by atoms with Crippen LogP contribution in [-0.2, 0) is 4.79 Å². The van der Waals surface area contributed by atoms with Crippen LogP contribution in [0.25, 0.3) is 17.2 Å². The largest absolute Gasteiger partial charge is 0.481 e. The van der Waals surface area contributed by atoms with Gasteiger partial charge in [0.1, 0.15) is 28.8 Å². The zero-order chi connectivity index (χ0) is 26.8. The van der Waals surface area contributed by atoms with Gasteiger partial charge in [0.05, 0.1) is 6.42 Å². The molecule has 4 aromatic rings. The van der Waals surface area contributed by atoms with E-state index in [1.165, 1.54) is 12.1 Å². The lowest BCUT2D eigenvalue weighted by Gasteiger charge is -2.13. The van der Waals surface area contributed by atoms with E-state index < -0.39 is 11.8 Å². The molecule has 0 radical (unpaired) electrons. The molecule has 190 valence electrons. The van der Waals surface area contributed by atoms with Crippen LogP contribution in [0.1, 0.15) is 30.0 Å². The monoisotopic (exact) mass is 546 g/mol. The zero-order valence-electron chi connectivity index (χ0n) is 20.2. The number of hydrogen-bond donors (Lipinski definition) is 1. The summed E-state index contributed by atoms with van der Waals surface area (Å²) in [6.45, 7) is 1.85. The normalized spacial score (nSPS) is 13.5. The molecular formula is C31H21Cl2FO4. The molecule has 0 unspecified atom stereocenters. The van der Waals surface area contributed by atoms with E-state index >= 15 is 0 Å². The summed E-state index contributed by atoms with van der Waals surface area (Å²) in [7, 11) is 0. The van der Waals surface area contributed by atoms with Crippen molar-refractivity contribution in [3.05, 3.63) is 123 Å². The maximum atomic E-state index is 14.1. The van der Waals surface area contributed by atoms with Gasteiger partial charge in [0.2, 0.25) is 0 Å². The summed E-state index contributed by atoms with van der Waals surface area (Å²) in [6, 6.07) is 23.9. The van der Waals surface area contributed by atoms with E-state index in [1.807, 2.05) is 25.1 Å². The molecule has 0 spiro atoms. The molecule has 5 rings (SSSR count). The lowest BCUT2D eigenvalue weighted by Crippen LogP contribution is -1.97.